The Hall–Kier alpha value is -2.73. The summed E-state index contributed by atoms with van der Waals surface area (Å²) < 4.78 is 0. The van der Waals surface area contributed by atoms with Crippen molar-refractivity contribution in [2.75, 3.05) is 12.3 Å². The molecule has 122 valence electrons. The van der Waals surface area contributed by atoms with Crippen LogP contribution in [-0.2, 0) is 19.5 Å². The molecule has 1 aliphatic rings. The second-order valence-corrected chi connectivity index (χ2v) is 6.30. The minimum atomic E-state index is 0.360. The lowest BCUT2D eigenvalue weighted by Crippen LogP contribution is -2.31. The van der Waals surface area contributed by atoms with Gasteiger partial charge in [-0.05, 0) is 12.5 Å². The normalized spacial score (nSPS) is 14.5. The maximum Gasteiger partial charge on any atom is 0.220 e. The number of nitrogens with two attached hydrogens (primary N) is 1. The van der Waals surface area contributed by atoms with Crippen molar-refractivity contribution in [1.29, 1.82) is 0 Å². The molecule has 0 spiro atoms. The van der Waals surface area contributed by atoms with Gasteiger partial charge in [-0.15, -0.1) is 0 Å². The molecule has 0 bridgehead atoms. The minimum Gasteiger partial charge on any atom is -0.368 e. The van der Waals surface area contributed by atoms with E-state index in [4.69, 9.17) is 5.73 Å². The minimum absolute atomic E-state index is 0.360. The van der Waals surface area contributed by atoms with Gasteiger partial charge in [0.2, 0.25) is 5.95 Å². The second kappa shape index (κ2) is 6.05. The van der Waals surface area contributed by atoms with Crippen LogP contribution in [0.15, 0.2) is 36.7 Å². The Labute approximate surface area is 140 Å². The Balaban J connectivity index is 1.54. The first kappa shape index (κ1) is 14.8. The van der Waals surface area contributed by atoms with E-state index in [1.807, 2.05) is 12.4 Å². The molecule has 3 aromatic rings. The highest BCUT2D eigenvalue weighted by molar-refractivity contribution is 5.62. The van der Waals surface area contributed by atoms with Crippen molar-refractivity contribution in [2.24, 2.45) is 0 Å². The molecule has 0 radical (unpaired) electrons. The Morgan fingerprint density at radius 1 is 1.21 bits per heavy atom. The Bertz CT molecular complexity index is 852. The van der Waals surface area contributed by atoms with Crippen LogP contribution in [0, 0.1) is 6.92 Å². The molecule has 0 saturated carbocycles. The number of nitrogens with zero attached hydrogens (tertiary/aromatic N) is 4. The second-order valence-electron chi connectivity index (χ2n) is 6.30. The molecule has 0 amide bonds. The summed E-state index contributed by atoms with van der Waals surface area (Å²) in [5.74, 6) is 0.360. The zero-order valence-corrected chi connectivity index (χ0v) is 13.7. The number of benzene rings is 1. The van der Waals surface area contributed by atoms with Crippen LogP contribution in [0.25, 0.3) is 11.3 Å². The smallest absolute Gasteiger partial charge is 0.220 e. The van der Waals surface area contributed by atoms with E-state index in [2.05, 4.69) is 56.3 Å². The van der Waals surface area contributed by atoms with E-state index >= 15 is 0 Å². The van der Waals surface area contributed by atoms with Gasteiger partial charge in [-0.3, -0.25) is 10.00 Å². The number of rotatable bonds is 3. The predicted molar refractivity (Wildman–Crippen MR) is 93.0 cm³/mol. The number of hydrogen-bond donors (Lipinski definition) is 2. The zero-order valence-electron chi connectivity index (χ0n) is 13.7. The molecule has 0 fully saturated rings. The zero-order chi connectivity index (χ0) is 16.5. The fraction of sp³-hybridized carbons (Fsp3) is 0.278. The summed E-state index contributed by atoms with van der Waals surface area (Å²) in [4.78, 5) is 10.9. The fourth-order valence-electron chi connectivity index (χ4n) is 3.17. The largest absolute Gasteiger partial charge is 0.368 e. The van der Waals surface area contributed by atoms with E-state index in [-0.39, 0.29) is 0 Å². The molecule has 3 heterocycles. The van der Waals surface area contributed by atoms with E-state index in [1.54, 1.807) is 0 Å². The van der Waals surface area contributed by atoms with Crippen LogP contribution in [-0.4, -0.2) is 31.6 Å². The van der Waals surface area contributed by atoms with Crippen molar-refractivity contribution in [1.82, 2.24) is 25.1 Å². The first-order chi connectivity index (χ1) is 11.7. The molecule has 2 aromatic heterocycles. The molecule has 24 heavy (non-hydrogen) atoms. The summed E-state index contributed by atoms with van der Waals surface area (Å²) >= 11 is 0. The summed E-state index contributed by atoms with van der Waals surface area (Å²) in [5, 5.41) is 7.39. The van der Waals surface area contributed by atoms with Gasteiger partial charge in [0.25, 0.3) is 0 Å². The summed E-state index contributed by atoms with van der Waals surface area (Å²) in [6, 6.07) is 8.51. The fourth-order valence-corrected chi connectivity index (χ4v) is 3.17. The lowest BCUT2D eigenvalue weighted by Gasteiger charge is -2.27. The highest BCUT2D eigenvalue weighted by Gasteiger charge is 2.20. The third-order valence-electron chi connectivity index (χ3n) is 4.48. The number of aromatic amines is 1. The average Bonchev–Trinajstić information content (AvgIpc) is 3.04. The number of anilines is 1. The number of hydrogen-bond acceptors (Lipinski definition) is 5. The standard InChI is InChI=1S/C18H20N6/c1-12-2-4-13(5-3-12)17-15(9-21-23-17)11-24-7-6-16-14(10-24)8-20-18(19)22-16/h2-5,8-9H,6-7,10-11H2,1H3,(H,21,23)(H2,19,20,22). The highest BCUT2D eigenvalue weighted by atomic mass is 15.2. The number of aromatic nitrogens is 4. The van der Waals surface area contributed by atoms with Crippen molar-refractivity contribution in [3.05, 3.63) is 59.0 Å². The van der Waals surface area contributed by atoms with E-state index in [1.165, 1.54) is 16.7 Å². The van der Waals surface area contributed by atoms with Gasteiger partial charge in [0.15, 0.2) is 0 Å². The van der Waals surface area contributed by atoms with Gasteiger partial charge >= 0.3 is 0 Å². The van der Waals surface area contributed by atoms with Crippen LogP contribution in [0.2, 0.25) is 0 Å². The Kier molecular flexibility index (Phi) is 3.74. The van der Waals surface area contributed by atoms with E-state index in [0.29, 0.717) is 5.95 Å². The van der Waals surface area contributed by atoms with Gasteiger partial charge in [0.05, 0.1) is 17.6 Å². The molecule has 1 aliphatic heterocycles. The highest BCUT2D eigenvalue weighted by Crippen LogP contribution is 2.25. The molecular weight excluding hydrogens is 300 g/mol. The molecule has 0 unspecified atom stereocenters. The Morgan fingerprint density at radius 2 is 2.04 bits per heavy atom. The first-order valence-electron chi connectivity index (χ1n) is 8.11. The van der Waals surface area contributed by atoms with Crippen LogP contribution < -0.4 is 5.73 Å². The van der Waals surface area contributed by atoms with E-state index < -0.39 is 0 Å². The third kappa shape index (κ3) is 2.88. The maximum atomic E-state index is 5.67. The van der Waals surface area contributed by atoms with Gasteiger partial charge in [-0.25, -0.2) is 9.97 Å². The summed E-state index contributed by atoms with van der Waals surface area (Å²) in [6.07, 6.45) is 4.67. The molecular formula is C18H20N6. The molecule has 0 aliphatic carbocycles. The SMILES string of the molecule is Cc1ccc(-c2[nH]ncc2CN2CCc3nc(N)ncc3C2)cc1. The number of fused-ring (bicyclic) bond motifs is 1. The van der Waals surface area contributed by atoms with Crippen LogP contribution in [0.1, 0.15) is 22.4 Å². The van der Waals surface area contributed by atoms with Crippen molar-refractivity contribution in [3.8, 4) is 11.3 Å². The molecule has 1 aromatic carbocycles. The van der Waals surface area contributed by atoms with Crippen LogP contribution in [0.3, 0.4) is 0 Å². The van der Waals surface area contributed by atoms with Crippen molar-refractivity contribution >= 4 is 5.95 Å². The van der Waals surface area contributed by atoms with Gasteiger partial charge in [-0.2, -0.15) is 5.10 Å². The average molecular weight is 320 g/mol. The maximum absolute atomic E-state index is 5.67. The van der Waals surface area contributed by atoms with Crippen molar-refractivity contribution in [3.63, 3.8) is 0 Å². The molecule has 0 atom stereocenters. The lowest BCUT2D eigenvalue weighted by molar-refractivity contribution is 0.243. The third-order valence-corrected chi connectivity index (χ3v) is 4.48. The monoisotopic (exact) mass is 320 g/mol. The number of nitrogen functional groups attached to an aromatic ring is 1. The summed E-state index contributed by atoms with van der Waals surface area (Å²) in [7, 11) is 0. The molecule has 0 saturated heterocycles. The van der Waals surface area contributed by atoms with Crippen molar-refractivity contribution in [2.45, 2.75) is 26.4 Å². The van der Waals surface area contributed by atoms with Gasteiger partial charge in [-0.1, -0.05) is 29.8 Å². The molecule has 4 rings (SSSR count). The molecule has 6 heteroatoms. The number of nitrogens with one attached hydrogen (secondary N) is 1. The van der Waals surface area contributed by atoms with Crippen molar-refractivity contribution < 1.29 is 0 Å². The lowest BCUT2D eigenvalue weighted by atomic mass is 10.0. The quantitative estimate of drug-likeness (QED) is 0.774. The summed E-state index contributed by atoms with van der Waals surface area (Å²) in [5.41, 5.74) is 12.6. The van der Waals surface area contributed by atoms with Crippen LogP contribution in [0.4, 0.5) is 5.95 Å². The van der Waals surface area contributed by atoms with Crippen LogP contribution >= 0.6 is 0 Å². The van der Waals surface area contributed by atoms with E-state index in [0.717, 1.165) is 43.0 Å². The summed E-state index contributed by atoms with van der Waals surface area (Å²) in [6.45, 7) is 4.75. The van der Waals surface area contributed by atoms with Gasteiger partial charge in [0.1, 0.15) is 0 Å². The van der Waals surface area contributed by atoms with E-state index in [9.17, 15) is 0 Å². The number of aryl methyl sites for hydroxylation is 1. The Morgan fingerprint density at radius 3 is 2.88 bits per heavy atom. The predicted octanol–water partition coefficient (Wildman–Crippen LogP) is 2.32. The molecule has 3 N–H and O–H groups in total. The van der Waals surface area contributed by atoms with Gasteiger partial charge < -0.3 is 5.73 Å². The molecule has 6 nitrogen and oxygen atoms in total. The van der Waals surface area contributed by atoms with Gasteiger partial charge in [0, 0.05) is 43.4 Å². The number of H-pyrrole nitrogens is 1. The van der Waals surface area contributed by atoms with Crippen LogP contribution in [0.5, 0.6) is 0 Å². The topological polar surface area (TPSA) is 83.7 Å². The first-order valence-corrected chi connectivity index (χ1v) is 8.11.